The fourth-order valence-electron chi connectivity index (χ4n) is 3.61. The van der Waals surface area contributed by atoms with Crippen molar-refractivity contribution in [1.29, 1.82) is 0 Å². The van der Waals surface area contributed by atoms with Crippen LogP contribution in [0, 0.1) is 11.8 Å². The first-order chi connectivity index (χ1) is 13.6. The Balaban J connectivity index is 0.00000450. The van der Waals surface area contributed by atoms with Crippen LogP contribution in [0.3, 0.4) is 0 Å². The first kappa shape index (κ1) is 27.2. The number of esters is 1. The molecule has 0 aromatic rings. The van der Waals surface area contributed by atoms with Gasteiger partial charge >= 0.3 is 21.5 Å². The molecule has 0 radical (unpaired) electrons. The second kappa shape index (κ2) is 11.7. The number of nitrogens with zero attached hydrogens (tertiary/aromatic N) is 3. The molecule has 0 atom stereocenters. The number of guanidine groups is 1. The van der Waals surface area contributed by atoms with Crippen LogP contribution >= 0.6 is 24.0 Å². The highest BCUT2D eigenvalue weighted by atomic mass is 127. The number of sulfonamides is 1. The number of ether oxygens (including phenoxy) is 1. The standard InChI is InChI=1S/C17H29F3N4O4S.HI/c1-3-21-16(23-8-6-14(7-9-23)15(25)28-2)22-12-13-4-10-24(11-5-13)29(26,27)17(18,19)20;/h13-14H,3-12H2,1-2H3,(H,21,22);1H. The van der Waals surface area contributed by atoms with Crippen molar-refractivity contribution in [1.82, 2.24) is 14.5 Å². The predicted octanol–water partition coefficient (Wildman–Crippen LogP) is 2.02. The SMILES string of the molecule is CCNC(=NCC1CCN(S(=O)(=O)C(F)(F)F)CC1)N1CCC(C(=O)OC)CC1.I. The topological polar surface area (TPSA) is 91.3 Å². The van der Waals surface area contributed by atoms with E-state index < -0.39 is 15.5 Å². The quantitative estimate of drug-likeness (QED) is 0.236. The van der Waals surface area contributed by atoms with Crippen LogP contribution < -0.4 is 5.32 Å². The molecule has 0 saturated carbocycles. The van der Waals surface area contributed by atoms with E-state index in [9.17, 15) is 26.4 Å². The minimum atomic E-state index is -5.26. The molecule has 2 aliphatic rings. The lowest BCUT2D eigenvalue weighted by molar-refractivity contribution is -0.146. The van der Waals surface area contributed by atoms with Crippen molar-refractivity contribution in [3.63, 3.8) is 0 Å². The fourth-order valence-corrected chi connectivity index (χ4v) is 4.60. The van der Waals surface area contributed by atoms with Crippen LogP contribution in [0.15, 0.2) is 4.99 Å². The first-order valence-electron chi connectivity index (χ1n) is 9.77. The number of likely N-dealkylation sites (tertiary alicyclic amines) is 1. The van der Waals surface area contributed by atoms with Crippen molar-refractivity contribution < 1.29 is 31.1 Å². The maximum atomic E-state index is 12.7. The number of hydrogen-bond donors (Lipinski definition) is 1. The van der Waals surface area contributed by atoms with Gasteiger partial charge < -0.3 is 15.0 Å². The Hall–Kier alpha value is -0.830. The van der Waals surface area contributed by atoms with Gasteiger partial charge in [0.25, 0.3) is 0 Å². The van der Waals surface area contributed by atoms with Gasteiger partial charge in [0, 0.05) is 39.3 Å². The molecule has 2 aliphatic heterocycles. The molecular formula is C17H30F3IN4O4S. The third-order valence-corrected chi connectivity index (χ3v) is 7.00. The minimum absolute atomic E-state index is 0. The molecule has 0 aromatic heterocycles. The van der Waals surface area contributed by atoms with E-state index in [0.29, 0.717) is 62.1 Å². The van der Waals surface area contributed by atoms with E-state index in [1.165, 1.54) is 7.11 Å². The molecule has 0 amide bonds. The highest BCUT2D eigenvalue weighted by Crippen LogP contribution is 2.30. The molecule has 2 fully saturated rings. The molecule has 0 bridgehead atoms. The number of nitrogens with one attached hydrogen (secondary N) is 1. The Bertz CT molecular complexity index is 690. The summed E-state index contributed by atoms with van der Waals surface area (Å²) in [7, 11) is -3.87. The van der Waals surface area contributed by atoms with Crippen LogP contribution in [0.1, 0.15) is 32.6 Å². The van der Waals surface area contributed by atoms with Gasteiger partial charge in [0.15, 0.2) is 5.96 Å². The van der Waals surface area contributed by atoms with Crippen LogP contribution in [-0.4, -0.2) is 81.4 Å². The molecule has 0 unspecified atom stereocenters. The van der Waals surface area contributed by atoms with E-state index in [0.717, 1.165) is 0 Å². The summed E-state index contributed by atoms with van der Waals surface area (Å²) < 4.78 is 66.3. The van der Waals surface area contributed by atoms with Crippen LogP contribution in [0.2, 0.25) is 0 Å². The lowest BCUT2D eigenvalue weighted by Crippen LogP contribution is -2.47. The predicted molar refractivity (Wildman–Crippen MR) is 117 cm³/mol. The third kappa shape index (κ3) is 6.84. The zero-order valence-corrected chi connectivity index (χ0v) is 20.3. The Labute approximate surface area is 192 Å². The van der Waals surface area contributed by atoms with E-state index >= 15 is 0 Å². The van der Waals surface area contributed by atoms with Gasteiger partial charge in [-0.25, -0.2) is 8.42 Å². The molecule has 13 heteroatoms. The van der Waals surface area contributed by atoms with Crippen molar-refractivity contribution in [2.75, 3.05) is 46.4 Å². The van der Waals surface area contributed by atoms with Crippen LogP contribution in [0.5, 0.6) is 0 Å². The number of alkyl halides is 3. The van der Waals surface area contributed by atoms with Crippen molar-refractivity contribution in [3.05, 3.63) is 0 Å². The Morgan fingerprint density at radius 3 is 2.17 bits per heavy atom. The van der Waals surface area contributed by atoms with Crippen LogP contribution in [0.4, 0.5) is 13.2 Å². The molecule has 8 nitrogen and oxygen atoms in total. The smallest absolute Gasteiger partial charge is 0.469 e. The second-order valence-electron chi connectivity index (χ2n) is 7.27. The number of piperidine rings is 2. The molecule has 1 N–H and O–H groups in total. The largest absolute Gasteiger partial charge is 0.511 e. The molecule has 176 valence electrons. The van der Waals surface area contributed by atoms with E-state index in [-0.39, 0.29) is 54.9 Å². The molecule has 2 saturated heterocycles. The van der Waals surface area contributed by atoms with E-state index in [1.54, 1.807) is 0 Å². The van der Waals surface area contributed by atoms with Gasteiger partial charge in [0.1, 0.15) is 0 Å². The molecule has 30 heavy (non-hydrogen) atoms. The van der Waals surface area contributed by atoms with Gasteiger partial charge in [-0.2, -0.15) is 17.5 Å². The molecule has 0 aliphatic carbocycles. The van der Waals surface area contributed by atoms with Crippen molar-refractivity contribution in [3.8, 4) is 0 Å². The lowest BCUT2D eigenvalue weighted by Gasteiger charge is -2.34. The average molecular weight is 570 g/mol. The number of methoxy groups -OCH3 is 1. The second-order valence-corrected chi connectivity index (χ2v) is 9.20. The summed E-state index contributed by atoms with van der Waals surface area (Å²) in [5.74, 6) is 0.420. The third-order valence-electron chi connectivity index (χ3n) is 5.37. The number of halogens is 4. The fraction of sp³-hybridized carbons (Fsp3) is 0.882. The summed E-state index contributed by atoms with van der Waals surface area (Å²) in [6.07, 6.45) is 2.01. The Kier molecular flexibility index (Phi) is 10.6. The summed E-state index contributed by atoms with van der Waals surface area (Å²) >= 11 is 0. The number of rotatable bonds is 5. The number of carbonyl (C=O) groups excluding carboxylic acids is 1. The summed E-state index contributed by atoms with van der Waals surface area (Å²) in [4.78, 5) is 18.3. The Morgan fingerprint density at radius 2 is 1.70 bits per heavy atom. The van der Waals surface area contributed by atoms with Crippen molar-refractivity contribution >= 4 is 45.9 Å². The Morgan fingerprint density at radius 1 is 1.13 bits per heavy atom. The molecule has 0 aromatic carbocycles. The van der Waals surface area contributed by atoms with Gasteiger partial charge in [0.05, 0.1) is 13.0 Å². The van der Waals surface area contributed by atoms with Crippen molar-refractivity contribution in [2.45, 2.75) is 38.1 Å². The monoisotopic (exact) mass is 570 g/mol. The maximum absolute atomic E-state index is 12.7. The number of hydrogen-bond acceptors (Lipinski definition) is 5. The maximum Gasteiger partial charge on any atom is 0.511 e. The lowest BCUT2D eigenvalue weighted by atomic mass is 9.97. The highest BCUT2D eigenvalue weighted by molar-refractivity contribution is 14.0. The van der Waals surface area contributed by atoms with Crippen LogP contribution in [0.25, 0.3) is 0 Å². The zero-order valence-electron chi connectivity index (χ0n) is 17.2. The zero-order chi connectivity index (χ0) is 21.7. The summed E-state index contributed by atoms with van der Waals surface area (Å²) in [5.41, 5.74) is -5.26. The summed E-state index contributed by atoms with van der Waals surface area (Å²) in [5, 5.41) is 3.21. The molecule has 0 spiro atoms. The van der Waals surface area contributed by atoms with Gasteiger partial charge in [-0.3, -0.25) is 9.79 Å². The van der Waals surface area contributed by atoms with E-state index in [1.807, 2.05) is 6.92 Å². The number of aliphatic imine (C=N–C) groups is 1. The minimum Gasteiger partial charge on any atom is -0.469 e. The number of carbonyl (C=O) groups is 1. The molecule has 2 rings (SSSR count). The van der Waals surface area contributed by atoms with Crippen LogP contribution in [-0.2, 0) is 19.6 Å². The van der Waals surface area contributed by atoms with Crippen molar-refractivity contribution in [2.24, 2.45) is 16.8 Å². The normalized spacial score (nSPS) is 20.6. The van der Waals surface area contributed by atoms with E-state index in [4.69, 9.17) is 4.74 Å². The molecular weight excluding hydrogens is 540 g/mol. The van der Waals surface area contributed by atoms with Gasteiger partial charge in [-0.1, -0.05) is 0 Å². The highest BCUT2D eigenvalue weighted by Gasteiger charge is 2.50. The summed E-state index contributed by atoms with van der Waals surface area (Å²) in [6.45, 7) is 4.04. The average Bonchev–Trinajstić information content (AvgIpc) is 2.70. The first-order valence-corrected chi connectivity index (χ1v) is 11.2. The van der Waals surface area contributed by atoms with Gasteiger partial charge in [0.2, 0.25) is 0 Å². The molecule has 2 heterocycles. The van der Waals surface area contributed by atoms with Gasteiger partial charge in [-0.05, 0) is 38.5 Å². The van der Waals surface area contributed by atoms with E-state index in [2.05, 4.69) is 15.2 Å². The summed E-state index contributed by atoms with van der Waals surface area (Å²) in [6, 6.07) is 0. The van der Waals surface area contributed by atoms with Gasteiger partial charge in [-0.15, -0.1) is 24.0 Å².